The van der Waals surface area contributed by atoms with Crippen LogP contribution < -0.4 is 0 Å². The Morgan fingerprint density at radius 3 is 3.11 bits per heavy atom. The molecular weight excluding hydrogens is 339 g/mol. The Balaban J connectivity index is 1.95. The van der Waals surface area contributed by atoms with Crippen LogP contribution in [0.3, 0.4) is 0 Å². The van der Waals surface area contributed by atoms with E-state index in [1.807, 2.05) is 6.20 Å². The van der Waals surface area contributed by atoms with Crippen LogP contribution in [0.15, 0.2) is 36.7 Å². The van der Waals surface area contributed by atoms with Crippen molar-refractivity contribution in [1.82, 2.24) is 9.55 Å². The van der Waals surface area contributed by atoms with E-state index in [9.17, 15) is 0 Å². The molecule has 0 bridgehead atoms. The summed E-state index contributed by atoms with van der Waals surface area (Å²) in [7, 11) is 0. The van der Waals surface area contributed by atoms with Gasteiger partial charge in [0.2, 0.25) is 0 Å². The van der Waals surface area contributed by atoms with Gasteiger partial charge in [-0.3, -0.25) is 0 Å². The third-order valence-corrected chi connectivity index (χ3v) is 3.95. The van der Waals surface area contributed by atoms with Crippen molar-refractivity contribution in [2.75, 3.05) is 13.2 Å². The molecule has 1 unspecified atom stereocenters. The van der Waals surface area contributed by atoms with Gasteiger partial charge < -0.3 is 9.30 Å². The monoisotopic (exact) mass is 354 g/mol. The van der Waals surface area contributed by atoms with Crippen LogP contribution in [0.2, 0.25) is 0 Å². The van der Waals surface area contributed by atoms with Crippen LogP contribution in [0.4, 0.5) is 0 Å². The van der Waals surface area contributed by atoms with Gasteiger partial charge in [0.25, 0.3) is 0 Å². The first kappa shape index (κ1) is 12.2. The van der Waals surface area contributed by atoms with E-state index < -0.39 is 0 Å². The van der Waals surface area contributed by atoms with Crippen molar-refractivity contribution in [3.05, 3.63) is 40.2 Å². The Hall–Kier alpha value is -0.880. The van der Waals surface area contributed by atoms with Gasteiger partial charge in [0.1, 0.15) is 5.82 Å². The molecule has 2 aromatic rings. The summed E-state index contributed by atoms with van der Waals surface area (Å²) < 4.78 is 9.06. The first-order chi connectivity index (χ1) is 8.84. The molecule has 1 fully saturated rings. The molecule has 0 saturated carbocycles. The lowest BCUT2D eigenvalue weighted by atomic mass is 10.1. The van der Waals surface area contributed by atoms with Gasteiger partial charge in [0.05, 0.1) is 12.6 Å². The van der Waals surface area contributed by atoms with Crippen molar-refractivity contribution < 1.29 is 4.74 Å². The molecule has 0 amide bonds. The largest absolute Gasteiger partial charge is 0.379 e. The zero-order chi connectivity index (χ0) is 12.4. The molecule has 4 heteroatoms. The lowest BCUT2D eigenvalue weighted by Gasteiger charge is -2.25. The summed E-state index contributed by atoms with van der Waals surface area (Å²) in [4.78, 5) is 4.51. The normalized spacial score (nSPS) is 19.9. The molecule has 1 atom stereocenters. The Bertz CT molecular complexity index is 532. The standard InChI is InChI=1S/C14H15IN2O/c15-12-4-1-3-11(9-12)14-16-6-7-17(14)13-5-2-8-18-10-13/h1,3-4,6-7,9,13H,2,5,8,10H2. The van der Waals surface area contributed by atoms with Crippen molar-refractivity contribution in [2.45, 2.75) is 18.9 Å². The smallest absolute Gasteiger partial charge is 0.140 e. The van der Waals surface area contributed by atoms with Gasteiger partial charge in [0.15, 0.2) is 0 Å². The molecule has 0 N–H and O–H groups in total. The third-order valence-electron chi connectivity index (χ3n) is 3.28. The molecule has 1 aliphatic rings. The summed E-state index contributed by atoms with van der Waals surface area (Å²) in [6, 6.07) is 8.89. The number of rotatable bonds is 2. The van der Waals surface area contributed by atoms with Crippen LogP contribution in [0.25, 0.3) is 11.4 Å². The highest BCUT2D eigenvalue weighted by Gasteiger charge is 2.18. The number of hydrogen-bond acceptors (Lipinski definition) is 2. The number of benzene rings is 1. The molecule has 2 heterocycles. The molecule has 1 aliphatic heterocycles. The van der Waals surface area contributed by atoms with E-state index in [-0.39, 0.29) is 0 Å². The van der Waals surface area contributed by atoms with Crippen LogP contribution >= 0.6 is 22.6 Å². The topological polar surface area (TPSA) is 27.1 Å². The number of hydrogen-bond donors (Lipinski definition) is 0. The molecule has 0 aliphatic carbocycles. The molecule has 1 saturated heterocycles. The van der Waals surface area contributed by atoms with E-state index in [2.05, 4.69) is 62.6 Å². The van der Waals surface area contributed by atoms with Crippen molar-refractivity contribution >= 4 is 22.6 Å². The molecule has 94 valence electrons. The minimum atomic E-state index is 0.425. The van der Waals surface area contributed by atoms with E-state index in [0.717, 1.165) is 25.5 Å². The van der Waals surface area contributed by atoms with Crippen LogP contribution in [0, 0.1) is 3.57 Å². The first-order valence-electron chi connectivity index (χ1n) is 6.21. The zero-order valence-electron chi connectivity index (χ0n) is 10.1. The Kier molecular flexibility index (Phi) is 3.65. The van der Waals surface area contributed by atoms with E-state index in [0.29, 0.717) is 6.04 Å². The molecule has 3 nitrogen and oxygen atoms in total. The number of halogens is 1. The zero-order valence-corrected chi connectivity index (χ0v) is 12.2. The number of imidazole rings is 1. The highest BCUT2D eigenvalue weighted by Crippen LogP contribution is 2.26. The number of aromatic nitrogens is 2. The van der Waals surface area contributed by atoms with E-state index >= 15 is 0 Å². The lowest BCUT2D eigenvalue weighted by Crippen LogP contribution is -2.21. The molecule has 3 rings (SSSR count). The second-order valence-corrected chi connectivity index (χ2v) is 5.79. The number of ether oxygens (including phenoxy) is 1. The van der Waals surface area contributed by atoms with Crippen molar-refractivity contribution in [2.24, 2.45) is 0 Å². The molecular formula is C14H15IN2O. The summed E-state index contributed by atoms with van der Waals surface area (Å²) >= 11 is 2.33. The summed E-state index contributed by atoms with van der Waals surface area (Å²) in [5.41, 5.74) is 1.18. The van der Waals surface area contributed by atoms with E-state index in [4.69, 9.17) is 4.74 Å². The predicted molar refractivity (Wildman–Crippen MR) is 79.5 cm³/mol. The highest BCUT2D eigenvalue weighted by molar-refractivity contribution is 14.1. The van der Waals surface area contributed by atoms with Gasteiger partial charge in [-0.15, -0.1) is 0 Å². The maximum Gasteiger partial charge on any atom is 0.140 e. The molecule has 18 heavy (non-hydrogen) atoms. The van der Waals surface area contributed by atoms with Crippen LogP contribution in [0.5, 0.6) is 0 Å². The maximum absolute atomic E-state index is 5.57. The van der Waals surface area contributed by atoms with Gasteiger partial charge in [-0.05, 0) is 47.6 Å². The fraction of sp³-hybridized carbons (Fsp3) is 0.357. The fourth-order valence-electron chi connectivity index (χ4n) is 2.40. The van der Waals surface area contributed by atoms with Crippen molar-refractivity contribution in [3.63, 3.8) is 0 Å². The predicted octanol–water partition coefficient (Wildman–Crippen LogP) is 3.51. The minimum absolute atomic E-state index is 0.425. The molecule has 0 spiro atoms. The second-order valence-electron chi connectivity index (χ2n) is 4.54. The summed E-state index contributed by atoms with van der Waals surface area (Å²) in [6.45, 7) is 1.69. The van der Waals surface area contributed by atoms with E-state index in [1.54, 1.807) is 0 Å². The molecule has 1 aromatic carbocycles. The van der Waals surface area contributed by atoms with Gasteiger partial charge in [0, 0.05) is 28.1 Å². The molecule has 1 aromatic heterocycles. The first-order valence-corrected chi connectivity index (χ1v) is 7.29. The van der Waals surface area contributed by atoms with Gasteiger partial charge in [-0.25, -0.2) is 4.98 Å². The third kappa shape index (κ3) is 2.44. The second kappa shape index (κ2) is 5.40. The van der Waals surface area contributed by atoms with Crippen LogP contribution in [-0.4, -0.2) is 22.8 Å². The lowest BCUT2D eigenvalue weighted by molar-refractivity contribution is 0.0597. The van der Waals surface area contributed by atoms with Crippen molar-refractivity contribution in [3.8, 4) is 11.4 Å². The Morgan fingerprint density at radius 1 is 1.39 bits per heavy atom. The van der Waals surface area contributed by atoms with Crippen molar-refractivity contribution in [1.29, 1.82) is 0 Å². The average Bonchev–Trinajstić information content (AvgIpc) is 2.89. The van der Waals surface area contributed by atoms with Gasteiger partial charge in [-0.2, -0.15) is 0 Å². The summed E-state index contributed by atoms with van der Waals surface area (Å²) in [5, 5.41) is 0. The molecule has 0 radical (unpaired) electrons. The minimum Gasteiger partial charge on any atom is -0.379 e. The van der Waals surface area contributed by atoms with Crippen LogP contribution in [0.1, 0.15) is 18.9 Å². The SMILES string of the molecule is Ic1cccc(-c2nccn2C2CCCOC2)c1. The Morgan fingerprint density at radius 2 is 2.33 bits per heavy atom. The quantitative estimate of drug-likeness (QED) is 0.772. The number of nitrogens with zero attached hydrogens (tertiary/aromatic N) is 2. The van der Waals surface area contributed by atoms with Gasteiger partial charge >= 0.3 is 0 Å². The van der Waals surface area contributed by atoms with Gasteiger partial charge in [-0.1, -0.05) is 12.1 Å². The summed E-state index contributed by atoms with van der Waals surface area (Å²) in [6.07, 6.45) is 6.25. The maximum atomic E-state index is 5.57. The van der Waals surface area contributed by atoms with E-state index in [1.165, 1.54) is 15.6 Å². The average molecular weight is 354 g/mol. The highest BCUT2D eigenvalue weighted by atomic mass is 127. The van der Waals surface area contributed by atoms with Crippen LogP contribution in [-0.2, 0) is 4.74 Å². The Labute approximate surface area is 120 Å². The fourth-order valence-corrected chi connectivity index (χ4v) is 2.95. The summed E-state index contributed by atoms with van der Waals surface area (Å²) in [5.74, 6) is 1.05.